The molecule has 1 nitrogen and oxygen atoms in total. The summed E-state index contributed by atoms with van der Waals surface area (Å²) in [7, 11) is 0. The van der Waals surface area contributed by atoms with Gasteiger partial charge in [-0.25, -0.2) is 0 Å². The largest absolute Gasteiger partial charge is 0.312 e. The van der Waals surface area contributed by atoms with E-state index in [0.717, 1.165) is 25.4 Å². The molecule has 0 radical (unpaired) electrons. The van der Waals surface area contributed by atoms with Crippen molar-refractivity contribution in [3.8, 4) is 0 Å². The summed E-state index contributed by atoms with van der Waals surface area (Å²) in [5, 5.41) is 3.61. The third kappa shape index (κ3) is 3.23. The second-order valence-corrected chi connectivity index (χ2v) is 5.79. The molecule has 1 aliphatic carbocycles. The topological polar surface area (TPSA) is 12.0 Å². The molecule has 17 heavy (non-hydrogen) atoms. The Labute approximate surface area is 110 Å². The molecule has 1 aromatic carbocycles. The number of alkyl halides is 1. The molecule has 0 saturated heterocycles. The first kappa shape index (κ1) is 12.9. The average molecular weight is 252 g/mol. The summed E-state index contributed by atoms with van der Waals surface area (Å²) in [4.78, 5) is 0. The lowest BCUT2D eigenvalue weighted by atomic mass is 10.0. The summed E-state index contributed by atoms with van der Waals surface area (Å²) >= 11 is 5.84. The van der Waals surface area contributed by atoms with Crippen LogP contribution in [0.2, 0.25) is 0 Å². The number of aryl methyl sites for hydroxylation is 2. The van der Waals surface area contributed by atoms with Gasteiger partial charge in [0.15, 0.2) is 0 Å². The van der Waals surface area contributed by atoms with E-state index >= 15 is 0 Å². The van der Waals surface area contributed by atoms with Crippen molar-refractivity contribution in [2.24, 2.45) is 5.41 Å². The smallest absolute Gasteiger partial charge is 0.0229 e. The molecule has 0 heterocycles. The van der Waals surface area contributed by atoms with Crippen molar-refractivity contribution in [3.63, 3.8) is 0 Å². The first-order valence-electron chi connectivity index (χ1n) is 6.49. The van der Waals surface area contributed by atoms with E-state index in [9.17, 15) is 0 Å². The molecule has 1 N–H and O–H groups in total. The summed E-state index contributed by atoms with van der Waals surface area (Å²) in [5.74, 6) is 0.797. The summed E-state index contributed by atoms with van der Waals surface area (Å²) in [5.41, 5.74) is 4.76. The van der Waals surface area contributed by atoms with E-state index in [4.69, 9.17) is 11.6 Å². The Morgan fingerprint density at radius 2 is 1.88 bits per heavy atom. The summed E-state index contributed by atoms with van der Waals surface area (Å²) in [6.07, 6.45) is 3.85. The Morgan fingerprint density at radius 1 is 1.24 bits per heavy atom. The first-order valence-corrected chi connectivity index (χ1v) is 7.02. The Morgan fingerprint density at radius 3 is 2.41 bits per heavy atom. The fraction of sp³-hybridized carbons (Fsp3) is 0.600. The van der Waals surface area contributed by atoms with Crippen LogP contribution in [0, 0.1) is 19.3 Å². The minimum Gasteiger partial charge on any atom is -0.312 e. The molecular weight excluding hydrogens is 230 g/mol. The highest BCUT2D eigenvalue weighted by Gasteiger charge is 2.41. The van der Waals surface area contributed by atoms with Crippen molar-refractivity contribution < 1.29 is 0 Å². The van der Waals surface area contributed by atoms with Crippen molar-refractivity contribution >= 4 is 11.6 Å². The number of halogens is 1. The molecular formula is C15H22ClN. The van der Waals surface area contributed by atoms with Gasteiger partial charge in [0.25, 0.3) is 0 Å². The van der Waals surface area contributed by atoms with Gasteiger partial charge in [0.2, 0.25) is 0 Å². The van der Waals surface area contributed by atoms with Gasteiger partial charge >= 0.3 is 0 Å². The van der Waals surface area contributed by atoms with E-state index in [-0.39, 0.29) is 0 Å². The normalized spacial score (nSPS) is 17.1. The molecule has 1 aliphatic rings. The highest BCUT2D eigenvalue weighted by molar-refractivity contribution is 6.17. The van der Waals surface area contributed by atoms with Gasteiger partial charge in [-0.1, -0.05) is 18.2 Å². The van der Waals surface area contributed by atoms with Crippen LogP contribution in [0.4, 0.5) is 0 Å². The fourth-order valence-corrected chi connectivity index (χ4v) is 2.87. The van der Waals surface area contributed by atoms with Crippen LogP contribution in [0.15, 0.2) is 18.2 Å². The van der Waals surface area contributed by atoms with Gasteiger partial charge in [0.1, 0.15) is 0 Å². The summed E-state index contributed by atoms with van der Waals surface area (Å²) in [6.45, 7) is 6.49. The molecule has 0 aromatic heterocycles. The lowest BCUT2D eigenvalue weighted by Gasteiger charge is -2.16. The summed E-state index contributed by atoms with van der Waals surface area (Å²) in [6, 6.07) is 6.51. The molecule has 1 fully saturated rings. The monoisotopic (exact) mass is 251 g/mol. The number of rotatable bonds is 6. The van der Waals surface area contributed by atoms with Crippen molar-refractivity contribution in [1.82, 2.24) is 5.32 Å². The SMILES string of the molecule is Cc1cccc(C)c1CNCC1(CCCl)CC1. The van der Waals surface area contributed by atoms with E-state index < -0.39 is 0 Å². The van der Waals surface area contributed by atoms with Gasteiger partial charge < -0.3 is 5.32 Å². The quantitative estimate of drug-likeness (QED) is 0.759. The second-order valence-electron chi connectivity index (χ2n) is 5.41. The van der Waals surface area contributed by atoms with E-state index in [1.165, 1.54) is 29.5 Å². The van der Waals surface area contributed by atoms with Crippen molar-refractivity contribution in [1.29, 1.82) is 0 Å². The molecule has 2 heteroatoms. The molecule has 2 rings (SSSR count). The molecule has 0 bridgehead atoms. The lowest BCUT2D eigenvalue weighted by molar-refractivity contribution is 0.445. The molecule has 1 saturated carbocycles. The van der Waals surface area contributed by atoms with Crippen molar-refractivity contribution in [2.75, 3.05) is 12.4 Å². The third-order valence-corrected chi connectivity index (χ3v) is 4.22. The molecule has 1 aromatic rings. The van der Waals surface area contributed by atoms with Gasteiger partial charge in [-0.2, -0.15) is 0 Å². The van der Waals surface area contributed by atoms with Crippen LogP contribution >= 0.6 is 11.6 Å². The molecule has 0 atom stereocenters. The Hall–Kier alpha value is -0.530. The van der Waals surface area contributed by atoms with E-state index in [1.54, 1.807) is 0 Å². The molecule has 0 unspecified atom stereocenters. The average Bonchev–Trinajstić information content (AvgIpc) is 3.03. The van der Waals surface area contributed by atoms with Crippen LogP contribution < -0.4 is 5.32 Å². The zero-order chi connectivity index (χ0) is 12.3. The van der Waals surface area contributed by atoms with Crippen LogP contribution in [0.3, 0.4) is 0 Å². The Kier molecular flexibility index (Phi) is 4.11. The number of benzene rings is 1. The van der Waals surface area contributed by atoms with Gasteiger partial charge in [-0.15, -0.1) is 11.6 Å². The maximum Gasteiger partial charge on any atom is 0.0229 e. The molecule has 0 aliphatic heterocycles. The first-order chi connectivity index (χ1) is 8.17. The van der Waals surface area contributed by atoms with Gasteiger partial charge in [0, 0.05) is 19.0 Å². The zero-order valence-corrected chi connectivity index (χ0v) is 11.6. The number of nitrogens with one attached hydrogen (secondary N) is 1. The van der Waals surface area contributed by atoms with Crippen molar-refractivity contribution in [3.05, 3.63) is 34.9 Å². The van der Waals surface area contributed by atoms with Crippen molar-refractivity contribution in [2.45, 2.75) is 39.7 Å². The Balaban J connectivity index is 1.86. The predicted molar refractivity (Wildman–Crippen MR) is 74.6 cm³/mol. The Bertz CT molecular complexity index is 362. The lowest BCUT2D eigenvalue weighted by Crippen LogP contribution is -2.24. The van der Waals surface area contributed by atoms with Crippen LogP contribution in [0.1, 0.15) is 36.0 Å². The second kappa shape index (κ2) is 5.41. The predicted octanol–water partition coefficient (Wildman–Crippen LogP) is 3.80. The minimum atomic E-state index is 0.526. The highest BCUT2D eigenvalue weighted by atomic mass is 35.5. The minimum absolute atomic E-state index is 0.526. The van der Waals surface area contributed by atoms with Gasteiger partial charge in [-0.3, -0.25) is 0 Å². The number of hydrogen-bond donors (Lipinski definition) is 1. The zero-order valence-electron chi connectivity index (χ0n) is 10.9. The van der Waals surface area contributed by atoms with E-state index in [1.807, 2.05) is 0 Å². The van der Waals surface area contributed by atoms with Gasteiger partial charge in [-0.05, 0) is 55.2 Å². The van der Waals surface area contributed by atoms with Crippen LogP contribution in [0.5, 0.6) is 0 Å². The van der Waals surface area contributed by atoms with E-state index in [2.05, 4.69) is 37.4 Å². The molecule has 0 amide bonds. The van der Waals surface area contributed by atoms with Crippen LogP contribution in [-0.2, 0) is 6.54 Å². The van der Waals surface area contributed by atoms with Crippen LogP contribution in [-0.4, -0.2) is 12.4 Å². The summed E-state index contributed by atoms with van der Waals surface area (Å²) < 4.78 is 0. The molecule has 0 spiro atoms. The van der Waals surface area contributed by atoms with Gasteiger partial charge in [0.05, 0.1) is 0 Å². The standard InChI is InChI=1S/C15H22ClN/c1-12-4-3-5-13(2)14(12)10-17-11-15(6-7-15)8-9-16/h3-5,17H,6-11H2,1-2H3. The molecule has 94 valence electrons. The fourth-order valence-electron chi connectivity index (χ4n) is 2.47. The maximum atomic E-state index is 5.84. The maximum absolute atomic E-state index is 5.84. The number of hydrogen-bond acceptors (Lipinski definition) is 1. The van der Waals surface area contributed by atoms with E-state index in [0.29, 0.717) is 5.41 Å². The van der Waals surface area contributed by atoms with Crippen LogP contribution in [0.25, 0.3) is 0 Å². The third-order valence-electron chi connectivity index (χ3n) is 4.03. The highest BCUT2D eigenvalue weighted by Crippen LogP contribution is 2.48.